The molecule has 0 fully saturated rings. The molecule has 19 heavy (non-hydrogen) atoms. The second kappa shape index (κ2) is 5.28. The first kappa shape index (κ1) is 15.0. The molecule has 1 aromatic carbocycles. The van der Waals surface area contributed by atoms with Gasteiger partial charge >= 0.3 is 13.5 Å². The number of nitro groups is 2. The number of nitrogens with zero attached hydrogens (tertiary/aromatic N) is 3. The molecule has 0 aliphatic carbocycles. The van der Waals surface area contributed by atoms with E-state index in [0.717, 1.165) is 19.2 Å². The van der Waals surface area contributed by atoms with E-state index >= 15 is 0 Å². The van der Waals surface area contributed by atoms with Crippen LogP contribution in [0.5, 0.6) is 0 Å². The number of hydrogen-bond acceptors (Lipinski definition) is 7. The first-order chi connectivity index (χ1) is 8.61. The minimum atomic E-state index is -4.90. The average Bonchev–Trinajstić information content (AvgIpc) is 2.25. The van der Waals surface area contributed by atoms with Gasteiger partial charge in [-0.1, -0.05) is 0 Å². The molecule has 0 radical (unpaired) electrons. The Hall–Kier alpha value is -2.07. The van der Waals surface area contributed by atoms with Crippen molar-refractivity contribution in [1.82, 2.24) is 0 Å². The van der Waals surface area contributed by atoms with Crippen LogP contribution in [0.25, 0.3) is 0 Å². The molecule has 1 aromatic rings. The highest BCUT2D eigenvalue weighted by Gasteiger charge is 2.26. The van der Waals surface area contributed by atoms with Gasteiger partial charge in [0.15, 0.2) is 0 Å². The van der Waals surface area contributed by atoms with Crippen molar-refractivity contribution in [3.63, 3.8) is 0 Å². The van der Waals surface area contributed by atoms with E-state index in [2.05, 4.69) is 4.62 Å². The third kappa shape index (κ3) is 3.96. The van der Waals surface area contributed by atoms with Crippen LogP contribution in [-0.2, 0) is 9.19 Å². The van der Waals surface area contributed by atoms with Crippen LogP contribution in [0.1, 0.15) is 0 Å². The molecule has 0 aliphatic rings. The highest BCUT2D eigenvalue weighted by Crippen LogP contribution is 2.40. The first-order valence-electron chi connectivity index (χ1n) is 4.53. The summed E-state index contributed by atoms with van der Waals surface area (Å²) in [5.74, 6) is 0. The number of benzene rings is 1. The SMILES string of the molecule is CN(OP(=O)(O)O)c1ccc([N+](=O)[O-])cc1[N+](=O)[O-]. The van der Waals surface area contributed by atoms with Gasteiger partial charge in [0.1, 0.15) is 5.69 Å². The summed E-state index contributed by atoms with van der Waals surface area (Å²) < 4.78 is 14.8. The summed E-state index contributed by atoms with van der Waals surface area (Å²) in [5.41, 5.74) is -1.58. The van der Waals surface area contributed by atoms with Gasteiger partial charge in [0.2, 0.25) is 0 Å². The molecular weight excluding hydrogens is 285 g/mol. The Balaban J connectivity index is 3.24. The molecule has 0 amide bonds. The van der Waals surface area contributed by atoms with Gasteiger partial charge in [-0.25, -0.2) is 9.63 Å². The van der Waals surface area contributed by atoms with Crippen LogP contribution >= 0.6 is 7.82 Å². The Morgan fingerprint density at radius 2 is 1.84 bits per heavy atom. The van der Waals surface area contributed by atoms with E-state index in [4.69, 9.17) is 9.79 Å². The molecule has 0 saturated heterocycles. The topological polar surface area (TPSA) is 156 Å². The molecule has 11 nitrogen and oxygen atoms in total. The summed E-state index contributed by atoms with van der Waals surface area (Å²) in [6.07, 6.45) is 0. The summed E-state index contributed by atoms with van der Waals surface area (Å²) in [5, 5.41) is 21.7. The third-order valence-corrected chi connectivity index (χ3v) is 2.39. The van der Waals surface area contributed by atoms with Gasteiger partial charge < -0.3 is 9.79 Å². The lowest BCUT2D eigenvalue weighted by molar-refractivity contribution is -0.393. The van der Waals surface area contributed by atoms with Crippen molar-refractivity contribution in [1.29, 1.82) is 0 Å². The van der Waals surface area contributed by atoms with Crippen molar-refractivity contribution in [3.05, 3.63) is 38.4 Å². The summed E-state index contributed by atoms with van der Waals surface area (Å²) in [4.78, 5) is 36.7. The van der Waals surface area contributed by atoms with Crippen LogP contribution in [0.15, 0.2) is 18.2 Å². The molecule has 1 rings (SSSR count). The second-order valence-corrected chi connectivity index (χ2v) is 4.40. The predicted octanol–water partition coefficient (Wildman–Crippen LogP) is 0.963. The number of hydroxylamine groups is 1. The van der Waals surface area contributed by atoms with Gasteiger partial charge in [0.05, 0.1) is 15.9 Å². The zero-order valence-electron chi connectivity index (χ0n) is 9.36. The van der Waals surface area contributed by atoms with Crippen LogP contribution in [0.3, 0.4) is 0 Å². The minimum absolute atomic E-state index is 0.334. The summed E-state index contributed by atoms with van der Waals surface area (Å²) in [6, 6.07) is 2.56. The normalized spacial score (nSPS) is 11.1. The maximum Gasteiger partial charge on any atom is 0.491 e. The summed E-state index contributed by atoms with van der Waals surface area (Å²) in [7, 11) is -3.88. The number of non-ortho nitro benzene ring substituents is 1. The van der Waals surface area contributed by atoms with E-state index in [0.29, 0.717) is 11.1 Å². The maximum atomic E-state index is 10.8. The highest BCUT2D eigenvalue weighted by atomic mass is 31.2. The first-order valence-corrected chi connectivity index (χ1v) is 6.06. The van der Waals surface area contributed by atoms with Gasteiger partial charge in [-0.15, -0.1) is 0 Å². The fourth-order valence-corrected chi connectivity index (χ4v) is 1.65. The van der Waals surface area contributed by atoms with Crippen LogP contribution in [0.2, 0.25) is 0 Å². The van der Waals surface area contributed by atoms with Gasteiger partial charge in [0.25, 0.3) is 5.69 Å². The molecule has 0 saturated carbocycles. The fourth-order valence-electron chi connectivity index (χ4n) is 1.24. The Morgan fingerprint density at radius 1 is 1.26 bits per heavy atom. The van der Waals surface area contributed by atoms with E-state index in [1.165, 1.54) is 0 Å². The maximum absolute atomic E-state index is 10.8. The number of rotatable bonds is 5. The van der Waals surface area contributed by atoms with Gasteiger partial charge in [-0.05, 0) is 6.07 Å². The number of nitro benzene ring substituents is 2. The van der Waals surface area contributed by atoms with E-state index in [1.807, 2.05) is 0 Å². The number of hydrogen-bond donors (Lipinski definition) is 2. The lowest BCUT2D eigenvalue weighted by atomic mass is 10.2. The van der Waals surface area contributed by atoms with E-state index in [-0.39, 0.29) is 5.69 Å². The van der Waals surface area contributed by atoms with Crippen molar-refractivity contribution < 1.29 is 28.8 Å². The quantitative estimate of drug-likeness (QED) is 0.458. The molecule has 0 bridgehead atoms. The lowest BCUT2D eigenvalue weighted by Gasteiger charge is -2.18. The van der Waals surface area contributed by atoms with Crippen LogP contribution in [0, 0.1) is 20.2 Å². The highest BCUT2D eigenvalue weighted by molar-refractivity contribution is 7.46. The van der Waals surface area contributed by atoms with E-state index in [9.17, 15) is 24.8 Å². The standard InChI is InChI=1S/C7H8N3O8P/c1-8(18-19(15,16)17)6-3-2-5(9(11)12)4-7(6)10(13)14/h2-4H,1H3,(H2,15,16,17). The predicted molar refractivity (Wildman–Crippen MR) is 61.3 cm³/mol. The molecular formula is C7H8N3O8P. The van der Waals surface area contributed by atoms with Gasteiger partial charge in [-0.2, -0.15) is 4.62 Å². The molecule has 12 heteroatoms. The van der Waals surface area contributed by atoms with Crippen molar-refractivity contribution in [3.8, 4) is 0 Å². The molecule has 0 heterocycles. The van der Waals surface area contributed by atoms with Crippen LogP contribution in [-0.4, -0.2) is 26.7 Å². The molecule has 2 N–H and O–H groups in total. The summed E-state index contributed by atoms with van der Waals surface area (Å²) in [6.45, 7) is 0. The van der Waals surface area contributed by atoms with E-state index < -0.39 is 29.0 Å². The Bertz CT molecular complexity index is 569. The van der Waals surface area contributed by atoms with Gasteiger partial charge in [-0.3, -0.25) is 20.2 Å². The zero-order chi connectivity index (χ0) is 14.8. The van der Waals surface area contributed by atoms with Crippen molar-refractivity contribution in [2.75, 3.05) is 12.1 Å². The number of anilines is 1. The molecule has 0 unspecified atom stereocenters. The van der Waals surface area contributed by atoms with Crippen LogP contribution in [0.4, 0.5) is 17.1 Å². The molecule has 0 aliphatic heterocycles. The van der Waals surface area contributed by atoms with Crippen molar-refractivity contribution >= 4 is 24.9 Å². The van der Waals surface area contributed by atoms with Crippen LogP contribution < -0.4 is 5.06 Å². The smallest absolute Gasteiger partial charge is 0.301 e. The zero-order valence-corrected chi connectivity index (χ0v) is 10.3. The Labute approximate surface area is 105 Å². The number of phosphoric acid groups is 1. The monoisotopic (exact) mass is 293 g/mol. The minimum Gasteiger partial charge on any atom is -0.301 e. The Morgan fingerprint density at radius 3 is 2.26 bits per heavy atom. The van der Waals surface area contributed by atoms with Crippen molar-refractivity contribution in [2.45, 2.75) is 0 Å². The van der Waals surface area contributed by atoms with E-state index in [1.54, 1.807) is 0 Å². The fraction of sp³-hybridized carbons (Fsp3) is 0.143. The lowest BCUT2D eigenvalue weighted by Crippen LogP contribution is -2.17. The van der Waals surface area contributed by atoms with Crippen molar-refractivity contribution in [2.24, 2.45) is 0 Å². The second-order valence-electron chi connectivity index (χ2n) is 3.26. The molecule has 0 aromatic heterocycles. The third-order valence-electron chi connectivity index (χ3n) is 1.93. The largest absolute Gasteiger partial charge is 0.491 e. The average molecular weight is 293 g/mol. The molecule has 0 spiro atoms. The Kier molecular flexibility index (Phi) is 4.17. The van der Waals surface area contributed by atoms with Gasteiger partial charge in [0, 0.05) is 13.1 Å². The molecule has 0 atom stereocenters. The summed E-state index contributed by atoms with van der Waals surface area (Å²) >= 11 is 0. The molecule has 104 valence electrons.